The van der Waals surface area contributed by atoms with Gasteiger partial charge in [0.2, 0.25) is 0 Å². The summed E-state index contributed by atoms with van der Waals surface area (Å²) in [5.74, 6) is 0.866. The first-order valence-corrected chi connectivity index (χ1v) is 9.56. The molecule has 0 unspecified atom stereocenters. The molecule has 1 heterocycles. The second-order valence-corrected chi connectivity index (χ2v) is 6.95. The van der Waals surface area contributed by atoms with E-state index in [4.69, 9.17) is 14.2 Å². The maximum absolute atomic E-state index is 10.3. The third-order valence-corrected chi connectivity index (χ3v) is 5.02. The van der Waals surface area contributed by atoms with Crippen LogP contribution in [-0.4, -0.2) is 53.6 Å². The Hall–Kier alpha value is -1.96. The Morgan fingerprint density at radius 1 is 0.893 bits per heavy atom. The highest BCUT2D eigenvalue weighted by atomic mass is 16.7. The number of ether oxygens (including phenoxy) is 3. The summed E-state index contributed by atoms with van der Waals surface area (Å²) in [5, 5.41) is 30.4. The van der Waals surface area contributed by atoms with Crippen LogP contribution in [0.2, 0.25) is 0 Å². The molecule has 1 aliphatic rings. The molecule has 0 spiro atoms. The molecule has 0 bridgehead atoms. The van der Waals surface area contributed by atoms with Crippen LogP contribution in [0.4, 0.5) is 0 Å². The standard InChI is InChI=1S/C22H28O6/c1-3-27-17-11-9-14(10-12-17)7-8-15-5-4-6-16(13-15)21-19(24)18(23)20(25)22(26-2)28-21/h4-6,9-13,18-25H,3,7-8H2,1-2H3/t18-,19-,20+,21+,22+/m1/s1. The molecule has 0 saturated carbocycles. The van der Waals surface area contributed by atoms with Crippen molar-refractivity contribution in [2.45, 2.75) is 50.5 Å². The number of aryl methyl sites for hydroxylation is 2. The van der Waals surface area contributed by atoms with Crippen LogP contribution in [0.3, 0.4) is 0 Å². The molecule has 152 valence electrons. The minimum absolute atomic E-state index is 0.650. The van der Waals surface area contributed by atoms with Gasteiger partial charge in [0.15, 0.2) is 6.29 Å². The molecule has 1 aliphatic heterocycles. The predicted molar refractivity (Wildman–Crippen MR) is 104 cm³/mol. The summed E-state index contributed by atoms with van der Waals surface area (Å²) in [4.78, 5) is 0. The number of hydrogen-bond donors (Lipinski definition) is 3. The van der Waals surface area contributed by atoms with E-state index in [9.17, 15) is 15.3 Å². The van der Waals surface area contributed by atoms with E-state index in [1.165, 1.54) is 12.7 Å². The molecule has 1 saturated heterocycles. The van der Waals surface area contributed by atoms with E-state index in [1.807, 2.05) is 43.3 Å². The van der Waals surface area contributed by atoms with Crippen molar-refractivity contribution < 1.29 is 29.5 Å². The average Bonchev–Trinajstić information content (AvgIpc) is 2.72. The molecule has 0 aliphatic carbocycles. The van der Waals surface area contributed by atoms with Gasteiger partial charge >= 0.3 is 0 Å². The van der Waals surface area contributed by atoms with Crippen molar-refractivity contribution in [1.29, 1.82) is 0 Å². The summed E-state index contributed by atoms with van der Waals surface area (Å²) in [6.07, 6.45) is -3.93. The fraction of sp³-hybridized carbons (Fsp3) is 0.455. The number of benzene rings is 2. The molecule has 0 aromatic heterocycles. The van der Waals surface area contributed by atoms with E-state index in [0.717, 1.165) is 29.7 Å². The van der Waals surface area contributed by atoms with Gasteiger partial charge in [-0.2, -0.15) is 0 Å². The molecule has 28 heavy (non-hydrogen) atoms. The van der Waals surface area contributed by atoms with Crippen LogP contribution in [0.25, 0.3) is 0 Å². The fourth-order valence-electron chi connectivity index (χ4n) is 3.45. The van der Waals surface area contributed by atoms with Crippen LogP contribution in [0.5, 0.6) is 5.75 Å². The van der Waals surface area contributed by atoms with E-state index >= 15 is 0 Å². The smallest absolute Gasteiger partial charge is 0.186 e. The number of hydrogen-bond acceptors (Lipinski definition) is 6. The van der Waals surface area contributed by atoms with Gasteiger partial charge in [0.25, 0.3) is 0 Å². The monoisotopic (exact) mass is 388 g/mol. The van der Waals surface area contributed by atoms with Gasteiger partial charge in [0.05, 0.1) is 6.61 Å². The summed E-state index contributed by atoms with van der Waals surface area (Å²) >= 11 is 0. The molecule has 1 fully saturated rings. The van der Waals surface area contributed by atoms with Crippen molar-refractivity contribution in [3.05, 3.63) is 65.2 Å². The molecular weight excluding hydrogens is 360 g/mol. The first kappa shape index (κ1) is 20.8. The number of aliphatic hydroxyl groups excluding tert-OH is 3. The van der Waals surface area contributed by atoms with Crippen LogP contribution >= 0.6 is 0 Å². The Bertz CT molecular complexity index is 745. The van der Waals surface area contributed by atoms with E-state index in [0.29, 0.717) is 6.61 Å². The third-order valence-electron chi connectivity index (χ3n) is 5.02. The summed E-state index contributed by atoms with van der Waals surface area (Å²) in [6, 6.07) is 15.8. The first-order valence-electron chi connectivity index (χ1n) is 9.56. The SMILES string of the molecule is CCOc1ccc(CCc2cccc([C@@H]3O[C@H](OC)[C@@H](O)[C@H](O)[C@H]3O)c2)cc1. The highest BCUT2D eigenvalue weighted by molar-refractivity contribution is 5.30. The van der Waals surface area contributed by atoms with E-state index in [-0.39, 0.29) is 0 Å². The topological polar surface area (TPSA) is 88.4 Å². The van der Waals surface area contributed by atoms with Gasteiger partial charge in [-0.15, -0.1) is 0 Å². The number of methoxy groups -OCH3 is 1. The van der Waals surface area contributed by atoms with Crippen molar-refractivity contribution in [3.8, 4) is 5.75 Å². The second-order valence-electron chi connectivity index (χ2n) is 6.95. The largest absolute Gasteiger partial charge is 0.494 e. The summed E-state index contributed by atoms with van der Waals surface area (Å²) < 4.78 is 16.2. The summed E-state index contributed by atoms with van der Waals surface area (Å²) in [5.41, 5.74) is 3.04. The third kappa shape index (κ3) is 4.71. The van der Waals surface area contributed by atoms with Gasteiger partial charge in [-0.25, -0.2) is 0 Å². The van der Waals surface area contributed by atoms with Crippen LogP contribution in [0.1, 0.15) is 29.7 Å². The minimum atomic E-state index is -1.34. The molecule has 0 amide bonds. The van der Waals surface area contributed by atoms with Gasteiger partial charge in [-0.3, -0.25) is 0 Å². The number of aliphatic hydroxyl groups is 3. The van der Waals surface area contributed by atoms with Crippen molar-refractivity contribution >= 4 is 0 Å². The zero-order valence-electron chi connectivity index (χ0n) is 16.2. The zero-order chi connectivity index (χ0) is 20.1. The van der Waals surface area contributed by atoms with Crippen LogP contribution < -0.4 is 4.74 Å². The van der Waals surface area contributed by atoms with Crippen LogP contribution in [-0.2, 0) is 22.3 Å². The first-order chi connectivity index (χ1) is 13.5. The summed E-state index contributed by atoms with van der Waals surface area (Å²) in [7, 11) is 1.39. The van der Waals surface area contributed by atoms with E-state index in [1.54, 1.807) is 0 Å². The Morgan fingerprint density at radius 2 is 1.61 bits per heavy atom. The lowest BCUT2D eigenvalue weighted by Gasteiger charge is -2.40. The fourth-order valence-corrected chi connectivity index (χ4v) is 3.45. The Balaban J connectivity index is 1.68. The second kappa shape index (κ2) is 9.49. The molecule has 5 atom stereocenters. The van der Waals surface area contributed by atoms with E-state index in [2.05, 4.69) is 12.1 Å². The van der Waals surface area contributed by atoms with Crippen LogP contribution in [0.15, 0.2) is 48.5 Å². The van der Waals surface area contributed by atoms with Gasteiger partial charge in [-0.1, -0.05) is 36.4 Å². The lowest BCUT2D eigenvalue weighted by molar-refractivity contribution is -0.292. The summed E-state index contributed by atoms with van der Waals surface area (Å²) in [6.45, 7) is 2.61. The quantitative estimate of drug-likeness (QED) is 0.672. The predicted octanol–water partition coefficient (Wildman–Crippen LogP) is 2.00. The molecule has 3 rings (SSSR count). The van der Waals surface area contributed by atoms with Crippen molar-refractivity contribution in [1.82, 2.24) is 0 Å². The van der Waals surface area contributed by atoms with Crippen LogP contribution in [0, 0.1) is 0 Å². The van der Waals surface area contributed by atoms with E-state index < -0.39 is 30.7 Å². The molecule has 0 radical (unpaired) electrons. The van der Waals surface area contributed by atoms with Crippen molar-refractivity contribution in [2.24, 2.45) is 0 Å². The zero-order valence-corrected chi connectivity index (χ0v) is 16.2. The molecule has 6 nitrogen and oxygen atoms in total. The molecule has 3 N–H and O–H groups in total. The normalized spacial score (nSPS) is 27.5. The van der Waals surface area contributed by atoms with Gasteiger partial charge in [-0.05, 0) is 48.6 Å². The van der Waals surface area contributed by atoms with Gasteiger partial charge < -0.3 is 29.5 Å². The highest BCUT2D eigenvalue weighted by Gasteiger charge is 2.44. The minimum Gasteiger partial charge on any atom is -0.494 e. The molecule has 2 aromatic rings. The lowest BCUT2D eigenvalue weighted by atomic mass is 9.92. The Morgan fingerprint density at radius 3 is 2.29 bits per heavy atom. The average molecular weight is 388 g/mol. The highest BCUT2D eigenvalue weighted by Crippen LogP contribution is 2.33. The van der Waals surface area contributed by atoms with Crippen molar-refractivity contribution in [2.75, 3.05) is 13.7 Å². The van der Waals surface area contributed by atoms with Gasteiger partial charge in [0, 0.05) is 7.11 Å². The molecule has 6 heteroatoms. The molecular formula is C22H28O6. The Labute approximate surface area is 165 Å². The van der Waals surface area contributed by atoms with Crippen molar-refractivity contribution in [3.63, 3.8) is 0 Å². The van der Waals surface area contributed by atoms with Gasteiger partial charge in [0.1, 0.15) is 30.2 Å². The maximum atomic E-state index is 10.3. The number of rotatable bonds is 7. The Kier molecular flexibility index (Phi) is 7.04. The maximum Gasteiger partial charge on any atom is 0.186 e. The lowest BCUT2D eigenvalue weighted by Crippen LogP contribution is -2.54. The molecule has 2 aromatic carbocycles.